The smallest absolute Gasteiger partial charge is 0.243 e. The number of nitrogens with zero attached hydrogens (tertiary/aromatic N) is 4. The van der Waals surface area contributed by atoms with Crippen molar-refractivity contribution < 1.29 is 8.42 Å². The molecule has 0 N–H and O–H groups in total. The van der Waals surface area contributed by atoms with E-state index in [1.54, 1.807) is 16.4 Å². The lowest BCUT2D eigenvalue weighted by Gasteiger charge is -2.37. The molecule has 4 aromatic rings. The normalized spacial score (nSPS) is 16.6. The average Bonchev–Trinajstić information content (AvgIpc) is 3.44. The minimum atomic E-state index is -3.72. The molecule has 222 valence electrons. The lowest BCUT2D eigenvalue weighted by molar-refractivity contribution is 0.126. The van der Waals surface area contributed by atoms with E-state index in [9.17, 15) is 8.42 Å². The number of likely N-dealkylation sites (tertiary alicyclic amines) is 1. The maximum atomic E-state index is 13.9. The van der Waals surface area contributed by atoms with Crippen LogP contribution in [0, 0.1) is 0 Å². The van der Waals surface area contributed by atoms with Crippen molar-refractivity contribution in [1.29, 1.82) is 0 Å². The molecule has 1 saturated heterocycles. The van der Waals surface area contributed by atoms with Crippen LogP contribution in [0.25, 0.3) is 5.70 Å². The number of benzene rings is 4. The first kappa shape index (κ1) is 29.2. The predicted molar refractivity (Wildman–Crippen MR) is 173 cm³/mol. The van der Waals surface area contributed by atoms with Gasteiger partial charge < -0.3 is 9.80 Å². The van der Waals surface area contributed by atoms with Crippen LogP contribution in [0.3, 0.4) is 0 Å². The van der Waals surface area contributed by atoms with E-state index in [0.29, 0.717) is 24.0 Å². The van der Waals surface area contributed by atoms with E-state index in [1.165, 1.54) is 5.56 Å². The van der Waals surface area contributed by atoms with Gasteiger partial charge in [0.1, 0.15) is 0 Å². The molecule has 6 rings (SSSR count). The monoisotopic (exact) mass is 592 g/mol. The molecule has 2 aliphatic heterocycles. The largest absolute Gasteiger partial charge is 0.355 e. The van der Waals surface area contributed by atoms with Crippen molar-refractivity contribution in [2.75, 3.05) is 26.8 Å². The van der Waals surface area contributed by atoms with E-state index >= 15 is 0 Å². The van der Waals surface area contributed by atoms with Crippen LogP contribution < -0.4 is 0 Å². The molecule has 0 radical (unpaired) electrons. The first-order chi connectivity index (χ1) is 21.0. The van der Waals surface area contributed by atoms with Crippen molar-refractivity contribution in [3.63, 3.8) is 0 Å². The second-order valence-corrected chi connectivity index (χ2v) is 13.6. The Kier molecular flexibility index (Phi) is 8.93. The third kappa shape index (κ3) is 7.02. The van der Waals surface area contributed by atoms with Crippen LogP contribution in [-0.4, -0.2) is 60.3 Å². The van der Waals surface area contributed by atoms with Crippen molar-refractivity contribution in [1.82, 2.24) is 19.0 Å². The van der Waals surface area contributed by atoms with Gasteiger partial charge in [0.25, 0.3) is 0 Å². The van der Waals surface area contributed by atoms with E-state index in [1.807, 2.05) is 72.8 Å². The van der Waals surface area contributed by atoms with E-state index < -0.39 is 10.0 Å². The summed E-state index contributed by atoms with van der Waals surface area (Å²) in [4.78, 5) is 7.58. The van der Waals surface area contributed by atoms with Gasteiger partial charge in [-0.2, -0.15) is 4.31 Å². The van der Waals surface area contributed by atoms with Crippen LogP contribution in [0.15, 0.2) is 126 Å². The minimum Gasteiger partial charge on any atom is -0.355 e. The van der Waals surface area contributed by atoms with Crippen LogP contribution >= 0.6 is 0 Å². The summed E-state index contributed by atoms with van der Waals surface area (Å²) in [7, 11) is -1.61. The fourth-order valence-electron chi connectivity index (χ4n) is 6.13. The van der Waals surface area contributed by atoms with Crippen LogP contribution in [0.1, 0.15) is 35.1 Å². The van der Waals surface area contributed by atoms with E-state index in [0.717, 1.165) is 61.5 Å². The lowest BCUT2D eigenvalue weighted by atomic mass is 10.0. The number of hydrogen-bond donors (Lipinski definition) is 0. The molecule has 1 fully saturated rings. The van der Waals surface area contributed by atoms with Crippen LogP contribution in [0.4, 0.5) is 0 Å². The molecule has 7 heteroatoms. The first-order valence-electron chi connectivity index (χ1n) is 15.1. The van der Waals surface area contributed by atoms with Gasteiger partial charge in [-0.1, -0.05) is 103 Å². The average molecular weight is 593 g/mol. The van der Waals surface area contributed by atoms with Gasteiger partial charge >= 0.3 is 0 Å². The lowest BCUT2D eigenvalue weighted by Crippen LogP contribution is -2.43. The molecule has 6 nitrogen and oxygen atoms in total. The molecule has 0 bridgehead atoms. The summed E-state index contributed by atoms with van der Waals surface area (Å²) in [5.74, 6) is 0. The second kappa shape index (κ2) is 13.2. The van der Waals surface area contributed by atoms with Gasteiger partial charge in [-0.3, -0.25) is 4.90 Å². The van der Waals surface area contributed by atoms with Crippen molar-refractivity contribution >= 4 is 15.7 Å². The van der Waals surface area contributed by atoms with Crippen LogP contribution in [-0.2, 0) is 29.7 Å². The molecular formula is C36H40N4O2S. The summed E-state index contributed by atoms with van der Waals surface area (Å²) in [6.45, 7) is 4.67. The van der Waals surface area contributed by atoms with Gasteiger partial charge in [0.05, 0.1) is 17.3 Å². The summed E-state index contributed by atoms with van der Waals surface area (Å²) in [5, 5.41) is 0. The maximum Gasteiger partial charge on any atom is 0.243 e. The van der Waals surface area contributed by atoms with Gasteiger partial charge in [-0.15, -0.1) is 0 Å². The number of rotatable bonds is 10. The molecular weight excluding hydrogens is 552 g/mol. The van der Waals surface area contributed by atoms with Crippen LogP contribution in [0.2, 0.25) is 0 Å². The van der Waals surface area contributed by atoms with Gasteiger partial charge in [-0.25, -0.2) is 8.42 Å². The number of sulfonamides is 1. The van der Waals surface area contributed by atoms with Crippen molar-refractivity contribution in [2.24, 2.45) is 0 Å². The van der Waals surface area contributed by atoms with Gasteiger partial charge in [0.2, 0.25) is 10.0 Å². The molecule has 4 aromatic carbocycles. The van der Waals surface area contributed by atoms with Gasteiger partial charge in [-0.05, 0) is 47.2 Å². The van der Waals surface area contributed by atoms with Crippen molar-refractivity contribution in [3.8, 4) is 0 Å². The molecule has 0 atom stereocenters. The van der Waals surface area contributed by atoms with Crippen molar-refractivity contribution in [2.45, 2.75) is 43.4 Å². The summed E-state index contributed by atoms with van der Waals surface area (Å²) in [5.41, 5.74) is 5.45. The fourth-order valence-corrected chi connectivity index (χ4v) is 7.55. The third-order valence-corrected chi connectivity index (χ3v) is 10.3. The quantitative estimate of drug-likeness (QED) is 0.218. The highest BCUT2D eigenvalue weighted by atomic mass is 32.2. The molecule has 43 heavy (non-hydrogen) atoms. The Bertz CT molecular complexity index is 1560. The summed E-state index contributed by atoms with van der Waals surface area (Å²) in [6.07, 6.45) is 4.54. The van der Waals surface area contributed by atoms with E-state index in [4.69, 9.17) is 0 Å². The third-order valence-electron chi connectivity index (χ3n) is 8.54. The minimum absolute atomic E-state index is 0.312. The zero-order valence-electron chi connectivity index (χ0n) is 24.8. The Labute approximate surface area is 256 Å². The fraction of sp³-hybridized carbons (Fsp3) is 0.278. The molecule has 0 unspecified atom stereocenters. The summed E-state index contributed by atoms with van der Waals surface area (Å²) < 4.78 is 29.4. The highest BCUT2D eigenvalue weighted by molar-refractivity contribution is 7.89. The first-order valence-corrected chi connectivity index (χ1v) is 16.5. The molecule has 2 aliphatic rings. The maximum absolute atomic E-state index is 13.9. The topological polar surface area (TPSA) is 47.1 Å². The zero-order chi connectivity index (χ0) is 29.6. The molecule has 0 aromatic heterocycles. The highest BCUT2D eigenvalue weighted by Gasteiger charge is 2.29. The Morgan fingerprint density at radius 1 is 0.698 bits per heavy atom. The van der Waals surface area contributed by atoms with Crippen molar-refractivity contribution in [3.05, 3.63) is 144 Å². The molecule has 2 heterocycles. The standard InChI is InChI=1S/C36H40N4O2S/c1-37-29-39(34-21-23-38(24-22-34)25-30-11-5-2-6-12-30)28-36(37)33-17-19-35(20-18-33)43(41,42)40(26-31-13-7-3-8-14-31)27-32-15-9-4-10-16-32/h2-20,28,34H,21-27,29H2,1H3. The molecule has 0 saturated carbocycles. The van der Waals surface area contributed by atoms with Gasteiger partial charge in [0, 0.05) is 52.0 Å². The summed E-state index contributed by atoms with van der Waals surface area (Å²) >= 11 is 0. The molecule has 0 aliphatic carbocycles. The van der Waals surface area contributed by atoms with E-state index in [2.05, 4.69) is 58.3 Å². The summed E-state index contributed by atoms with van der Waals surface area (Å²) in [6, 6.07) is 38.2. The SMILES string of the molecule is CN1CN(C2CCN(Cc3ccccc3)CC2)C=C1c1ccc(S(=O)(=O)N(Cc2ccccc2)Cc2ccccc2)cc1. The Morgan fingerprint density at radius 2 is 1.21 bits per heavy atom. The van der Waals surface area contributed by atoms with E-state index in [-0.39, 0.29) is 0 Å². The second-order valence-electron chi connectivity index (χ2n) is 11.6. The van der Waals surface area contributed by atoms with Gasteiger partial charge in [0.15, 0.2) is 0 Å². The number of piperidine rings is 1. The highest BCUT2D eigenvalue weighted by Crippen LogP contribution is 2.30. The Balaban J connectivity index is 1.14. The Hall–Kier alpha value is -3.91. The van der Waals surface area contributed by atoms with Crippen LogP contribution in [0.5, 0.6) is 0 Å². The molecule has 0 spiro atoms. The molecule has 0 amide bonds. The Morgan fingerprint density at radius 3 is 1.74 bits per heavy atom. The zero-order valence-corrected chi connectivity index (χ0v) is 25.6. The number of hydrogen-bond acceptors (Lipinski definition) is 5. The predicted octanol–water partition coefficient (Wildman–Crippen LogP) is 6.25.